The minimum Gasteiger partial charge on any atom is -0.391 e. The van der Waals surface area contributed by atoms with Crippen molar-refractivity contribution in [1.82, 2.24) is 20.1 Å². The number of nitrogens with two attached hydrogens (primary N) is 1. The number of H-pyrrole nitrogens is 1. The van der Waals surface area contributed by atoms with Gasteiger partial charge in [0, 0.05) is 13.0 Å². The molecular weight excluding hydrogens is 212 g/mol. The van der Waals surface area contributed by atoms with Crippen molar-refractivity contribution in [3.05, 3.63) is 28.9 Å². The molecule has 16 heavy (non-hydrogen) atoms. The van der Waals surface area contributed by atoms with Crippen LogP contribution in [-0.4, -0.2) is 26.7 Å². The van der Waals surface area contributed by atoms with Gasteiger partial charge in [-0.05, 0) is 0 Å². The van der Waals surface area contributed by atoms with Gasteiger partial charge in [0.05, 0.1) is 6.33 Å². The lowest BCUT2D eigenvalue weighted by molar-refractivity contribution is 0.410. The number of nitrogens with zero attached hydrogens (tertiary/aromatic N) is 3. The van der Waals surface area contributed by atoms with Crippen LogP contribution in [0.3, 0.4) is 0 Å². The van der Waals surface area contributed by atoms with E-state index < -0.39 is 0 Å². The average molecular weight is 222 g/mol. The molecule has 4 N–H and O–H groups in total. The molecule has 0 unspecified atom stereocenters. The minimum absolute atomic E-state index is 0.0654. The largest absolute Gasteiger partial charge is 0.391 e. The minimum atomic E-state index is -0.364. The first kappa shape index (κ1) is 10.1. The van der Waals surface area contributed by atoms with Gasteiger partial charge in [-0.3, -0.25) is 4.79 Å². The molecule has 84 valence electrons. The van der Waals surface area contributed by atoms with Gasteiger partial charge < -0.3 is 20.6 Å². The molecule has 2 aromatic heterocycles. The number of anilines is 2. The first-order chi connectivity index (χ1) is 7.77. The van der Waals surface area contributed by atoms with Crippen molar-refractivity contribution < 1.29 is 4.52 Å². The third kappa shape index (κ3) is 2.16. The van der Waals surface area contributed by atoms with Gasteiger partial charge in [0.25, 0.3) is 5.56 Å². The summed E-state index contributed by atoms with van der Waals surface area (Å²) in [6.07, 6.45) is 3.11. The van der Waals surface area contributed by atoms with Gasteiger partial charge in [-0.15, -0.1) is 0 Å². The van der Waals surface area contributed by atoms with E-state index in [0.717, 1.165) is 0 Å². The fourth-order valence-electron chi connectivity index (χ4n) is 1.15. The second-order valence-electron chi connectivity index (χ2n) is 3.02. The second-order valence-corrected chi connectivity index (χ2v) is 3.02. The molecule has 0 amide bonds. The molecule has 0 radical (unpaired) electrons. The molecule has 0 aliphatic carbocycles. The number of aromatic nitrogens is 4. The Morgan fingerprint density at radius 2 is 2.38 bits per heavy atom. The molecule has 2 aromatic rings. The zero-order valence-electron chi connectivity index (χ0n) is 8.30. The molecule has 2 rings (SSSR count). The molecule has 0 aromatic carbocycles. The van der Waals surface area contributed by atoms with E-state index >= 15 is 0 Å². The summed E-state index contributed by atoms with van der Waals surface area (Å²) in [5, 5.41) is 6.56. The molecule has 8 heteroatoms. The molecule has 0 saturated carbocycles. The molecule has 0 fully saturated rings. The summed E-state index contributed by atoms with van der Waals surface area (Å²) in [7, 11) is 0. The van der Waals surface area contributed by atoms with Gasteiger partial charge in [0.2, 0.25) is 6.39 Å². The monoisotopic (exact) mass is 222 g/mol. The van der Waals surface area contributed by atoms with Crippen molar-refractivity contribution in [3.63, 3.8) is 0 Å². The van der Waals surface area contributed by atoms with Gasteiger partial charge in [-0.25, -0.2) is 4.98 Å². The Morgan fingerprint density at radius 3 is 3.12 bits per heavy atom. The van der Waals surface area contributed by atoms with Gasteiger partial charge in [0.1, 0.15) is 5.69 Å². The van der Waals surface area contributed by atoms with Crippen LogP contribution in [0.5, 0.6) is 0 Å². The van der Waals surface area contributed by atoms with E-state index in [1.165, 1.54) is 12.7 Å². The van der Waals surface area contributed by atoms with Crippen LogP contribution in [0.1, 0.15) is 5.82 Å². The molecule has 0 spiro atoms. The van der Waals surface area contributed by atoms with Crippen molar-refractivity contribution in [2.24, 2.45) is 0 Å². The number of aromatic amines is 1. The van der Waals surface area contributed by atoms with Crippen LogP contribution in [0.25, 0.3) is 0 Å². The number of rotatable bonds is 4. The van der Waals surface area contributed by atoms with E-state index in [1.807, 2.05) is 0 Å². The Balaban J connectivity index is 1.95. The topological polar surface area (TPSA) is 123 Å². The van der Waals surface area contributed by atoms with E-state index in [-0.39, 0.29) is 11.2 Å². The van der Waals surface area contributed by atoms with Gasteiger partial charge >= 0.3 is 0 Å². The van der Waals surface area contributed by atoms with Gasteiger partial charge in [-0.2, -0.15) is 4.98 Å². The van der Waals surface area contributed by atoms with E-state index in [0.29, 0.717) is 24.6 Å². The summed E-state index contributed by atoms with van der Waals surface area (Å²) in [5.41, 5.74) is 5.23. The van der Waals surface area contributed by atoms with Crippen molar-refractivity contribution in [1.29, 1.82) is 0 Å². The lowest BCUT2D eigenvalue weighted by atomic mass is 10.4. The Morgan fingerprint density at radius 1 is 1.50 bits per heavy atom. The van der Waals surface area contributed by atoms with Crippen molar-refractivity contribution >= 4 is 11.5 Å². The molecule has 8 nitrogen and oxygen atoms in total. The highest BCUT2D eigenvalue weighted by atomic mass is 16.5. The molecule has 0 bridgehead atoms. The molecule has 2 heterocycles. The maximum atomic E-state index is 11.1. The van der Waals surface area contributed by atoms with E-state index in [2.05, 4.69) is 29.9 Å². The average Bonchev–Trinajstić information content (AvgIpc) is 2.77. The third-order valence-corrected chi connectivity index (χ3v) is 1.94. The van der Waals surface area contributed by atoms with Gasteiger partial charge in [0.15, 0.2) is 11.6 Å². The van der Waals surface area contributed by atoms with Crippen LogP contribution in [0.15, 0.2) is 22.0 Å². The summed E-state index contributed by atoms with van der Waals surface area (Å²) >= 11 is 0. The summed E-state index contributed by atoms with van der Waals surface area (Å²) in [6, 6.07) is 0. The molecule has 0 saturated heterocycles. The summed E-state index contributed by atoms with van der Waals surface area (Å²) < 4.78 is 4.58. The number of nitrogens with one attached hydrogen (secondary N) is 2. The zero-order chi connectivity index (χ0) is 11.4. The quantitative estimate of drug-likeness (QED) is 0.630. The summed E-state index contributed by atoms with van der Waals surface area (Å²) in [6.45, 7) is 0.514. The first-order valence-corrected chi connectivity index (χ1v) is 4.59. The van der Waals surface area contributed by atoms with Crippen LogP contribution >= 0.6 is 0 Å². The van der Waals surface area contributed by atoms with Crippen molar-refractivity contribution in [2.45, 2.75) is 6.42 Å². The van der Waals surface area contributed by atoms with Crippen molar-refractivity contribution in [2.75, 3.05) is 17.6 Å². The Bertz CT molecular complexity index is 505. The third-order valence-electron chi connectivity index (χ3n) is 1.94. The van der Waals surface area contributed by atoms with Crippen LogP contribution in [0.4, 0.5) is 11.5 Å². The molecule has 0 aliphatic heterocycles. The first-order valence-electron chi connectivity index (χ1n) is 4.59. The number of hydrogen-bond donors (Lipinski definition) is 3. The summed E-state index contributed by atoms with van der Waals surface area (Å²) in [5.74, 6) is 0.933. The maximum absolute atomic E-state index is 11.1. The molecule has 0 aliphatic rings. The van der Waals surface area contributed by atoms with Crippen LogP contribution in [0, 0.1) is 0 Å². The van der Waals surface area contributed by atoms with E-state index in [9.17, 15) is 4.79 Å². The van der Waals surface area contributed by atoms with Crippen LogP contribution in [0.2, 0.25) is 0 Å². The lowest BCUT2D eigenvalue weighted by Crippen LogP contribution is -2.17. The highest BCUT2D eigenvalue weighted by molar-refractivity contribution is 5.58. The highest BCUT2D eigenvalue weighted by Crippen LogP contribution is 2.06. The predicted molar refractivity (Wildman–Crippen MR) is 55.8 cm³/mol. The molecular formula is C8H10N6O2. The van der Waals surface area contributed by atoms with Gasteiger partial charge in [-0.1, -0.05) is 5.16 Å². The Kier molecular flexibility index (Phi) is 2.81. The molecule has 0 atom stereocenters. The fraction of sp³-hybridized carbons (Fsp3) is 0.250. The SMILES string of the molecule is Nc1c(NCCc2ncon2)nc[nH]c1=O. The summed E-state index contributed by atoms with van der Waals surface area (Å²) in [4.78, 5) is 21.3. The zero-order valence-corrected chi connectivity index (χ0v) is 8.30. The predicted octanol–water partition coefficient (Wildman–Crippen LogP) is -0.610. The number of nitrogen functional groups attached to an aromatic ring is 1. The standard InChI is InChI=1S/C8H10N6O2/c9-6-7(11-3-12-8(6)15)10-2-1-5-13-4-16-14-5/h3-4H,1-2,9H2,(H2,10,11,12,15). The normalized spacial score (nSPS) is 10.2. The number of hydrogen-bond acceptors (Lipinski definition) is 7. The smallest absolute Gasteiger partial charge is 0.276 e. The Labute approximate surface area is 89.9 Å². The Hall–Kier alpha value is -2.38. The van der Waals surface area contributed by atoms with E-state index in [4.69, 9.17) is 5.73 Å². The maximum Gasteiger partial charge on any atom is 0.276 e. The highest BCUT2D eigenvalue weighted by Gasteiger charge is 2.04. The van der Waals surface area contributed by atoms with E-state index in [1.54, 1.807) is 0 Å². The lowest BCUT2D eigenvalue weighted by Gasteiger charge is -2.04. The second kappa shape index (κ2) is 4.43. The van der Waals surface area contributed by atoms with Crippen molar-refractivity contribution in [3.8, 4) is 0 Å². The van der Waals surface area contributed by atoms with Crippen LogP contribution in [-0.2, 0) is 6.42 Å². The fourth-order valence-corrected chi connectivity index (χ4v) is 1.15. The van der Waals surface area contributed by atoms with Crippen LogP contribution < -0.4 is 16.6 Å².